The summed E-state index contributed by atoms with van der Waals surface area (Å²) in [7, 11) is 1.73. The van der Waals surface area contributed by atoms with Crippen molar-refractivity contribution >= 4 is 15.9 Å². The van der Waals surface area contributed by atoms with Gasteiger partial charge in [0, 0.05) is 29.2 Å². The first-order chi connectivity index (χ1) is 9.15. The van der Waals surface area contributed by atoms with Crippen LogP contribution in [0.1, 0.15) is 25.3 Å². The lowest BCUT2D eigenvalue weighted by Crippen LogP contribution is -2.48. The largest absolute Gasteiger partial charge is 0.496 e. The Morgan fingerprint density at radius 2 is 2.26 bits per heavy atom. The number of nitrogens with two attached hydrogens (primary N) is 1. The number of hydrogen-bond acceptors (Lipinski definition) is 3. The van der Waals surface area contributed by atoms with E-state index in [1.807, 2.05) is 12.1 Å². The van der Waals surface area contributed by atoms with Crippen LogP contribution in [-0.2, 0) is 6.54 Å². The van der Waals surface area contributed by atoms with Crippen molar-refractivity contribution in [3.63, 3.8) is 0 Å². The molecule has 0 radical (unpaired) electrons. The summed E-state index contributed by atoms with van der Waals surface area (Å²) in [5.74, 6) is 1.63. The van der Waals surface area contributed by atoms with Crippen LogP contribution < -0.4 is 10.5 Å². The Bertz CT molecular complexity index is 425. The molecule has 1 aromatic carbocycles. The molecule has 1 fully saturated rings. The second-order valence-electron chi connectivity index (χ2n) is 5.35. The standard InChI is InChI=1S/C15H23BrN2O/c1-11-4-3-7-18(14(11)9-17)10-12-8-13(16)5-6-15(12)19-2/h5-6,8,11,14H,3-4,7,9-10,17H2,1-2H3. The topological polar surface area (TPSA) is 38.5 Å². The van der Waals surface area contributed by atoms with Crippen LogP contribution in [0.25, 0.3) is 0 Å². The summed E-state index contributed by atoms with van der Waals surface area (Å²) in [6.45, 7) is 5.08. The van der Waals surface area contributed by atoms with E-state index in [9.17, 15) is 0 Å². The van der Waals surface area contributed by atoms with Crippen LogP contribution in [0.4, 0.5) is 0 Å². The number of methoxy groups -OCH3 is 1. The zero-order valence-corrected chi connectivity index (χ0v) is 13.3. The van der Waals surface area contributed by atoms with Crippen molar-refractivity contribution < 1.29 is 4.74 Å². The molecule has 3 nitrogen and oxygen atoms in total. The highest BCUT2D eigenvalue weighted by molar-refractivity contribution is 9.10. The third-order valence-corrected chi connectivity index (χ3v) is 4.58. The number of ether oxygens (including phenoxy) is 1. The summed E-state index contributed by atoms with van der Waals surface area (Å²) in [5.41, 5.74) is 7.18. The molecule has 4 heteroatoms. The lowest BCUT2D eigenvalue weighted by molar-refractivity contribution is 0.0981. The molecule has 0 saturated carbocycles. The van der Waals surface area contributed by atoms with E-state index < -0.39 is 0 Å². The predicted octanol–water partition coefficient (Wildman–Crippen LogP) is 3.02. The fraction of sp³-hybridized carbons (Fsp3) is 0.600. The summed E-state index contributed by atoms with van der Waals surface area (Å²) < 4.78 is 6.55. The minimum Gasteiger partial charge on any atom is -0.496 e. The maximum Gasteiger partial charge on any atom is 0.123 e. The molecule has 0 spiro atoms. The van der Waals surface area contributed by atoms with Gasteiger partial charge >= 0.3 is 0 Å². The first-order valence-electron chi connectivity index (χ1n) is 6.92. The van der Waals surface area contributed by atoms with E-state index >= 15 is 0 Å². The van der Waals surface area contributed by atoms with E-state index in [-0.39, 0.29) is 0 Å². The van der Waals surface area contributed by atoms with E-state index in [1.165, 1.54) is 18.4 Å². The van der Waals surface area contributed by atoms with Gasteiger partial charge in [0.15, 0.2) is 0 Å². The number of likely N-dealkylation sites (tertiary alicyclic amines) is 1. The van der Waals surface area contributed by atoms with Gasteiger partial charge in [-0.1, -0.05) is 22.9 Å². The zero-order chi connectivity index (χ0) is 13.8. The molecule has 0 aromatic heterocycles. The smallest absolute Gasteiger partial charge is 0.123 e. The van der Waals surface area contributed by atoms with Crippen LogP contribution in [0.2, 0.25) is 0 Å². The molecule has 2 N–H and O–H groups in total. The molecule has 0 amide bonds. The molecular weight excluding hydrogens is 304 g/mol. The van der Waals surface area contributed by atoms with Gasteiger partial charge in [0.1, 0.15) is 5.75 Å². The van der Waals surface area contributed by atoms with Gasteiger partial charge in [0.25, 0.3) is 0 Å². The van der Waals surface area contributed by atoms with Gasteiger partial charge in [-0.25, -0.2) is 0 Å². The minimum atomic E-state index is 0.484. The quantitative estimate of drug-likeness (QED) is 0.924. The van der Waals surface area contributed by atoms with E-state index in [2.05, 4.69) is 33.8 Å². The van der Waals surface area contributed by atoms with Crippen LogP contribution in [0.15, 0.2) is 22.7 Å². The Balaban J connectivity index is 2.17. The number of hydrogen-bond donors (Lipinski definition) is 1. The Labute approximate surface area is 124 Å². The van der Waals surface area contributed by atoms with Gasteiger partial charge in [0.2, 0.25) is 0 Å². The Morgan fingerprint density at radius 3 is 2.95 bits per heavy atom. The van der Waals surface area contributed by atoms with Gasteiger partial charge in [-0.3, -0.25) is 4.90 Å². The van der Waals surface area contributed by atoms with Crippen LogP contribution in [0.3, 0.4) is 0 Å². The Morgan fingerprint density at radius 1 is 1.47 bits per heavy atom. The highest BCUT2D eigenvalue weighted by Crippen LogP contribution is 2.29. The molecule has 2 rings (SSSR count). The number of rotatable bonds is 4. The third-order valence-electron chi connectivity index (χ3n) is 4.09. The van der Waals surface area contributed by atoms with Crippen molar-refractivity contribution in [2.45, 2.75) is 32.4 Å². The van der Waals surface area contributed by atoms with Crippen molar-refractivity contribution in [3.05, 3.63) is 28.2 Å². The molecule has 0 aliphatic carbocycles. The molecule has 106 valence electrons. The van der Waals surface area contributed by atoms with Crippen LogP contribution >= 0.6 is 15.9 Å². The summed E-state index contributed by atoms with van der Waals surface area (Å²) in [6.07, 6.45) is 2.54. The van der Waals surface area contributed by atoms with Crippen molar-refractivity contribution in [3.8, 4) is 5.75 Å². The van der Waals surface area contributed by atoms with Gasteiger partial charge < -0.3 is 10.5 Å². The highest BCUT2D eigenvalue weighted by Gasteiger charge is 2.27. The van der Waals surface area contributed by atoms with Crippen LogP contribution in [0, 0.1) is 5.92 Å². The average molecular weight is 327 g/mol. The minimum absolute atomic E-state index is 0.484. The number of benzene rings is 1. The Kier molecular flexibility index (Phi) is 5.25. The molecule has 1 aliphatic heterocycles. The maximum absolute atomic E-state index is 5.96. The fourth-order valence-corrected chi connectivity index (χ4v) is 3.41. The first-order valence-corrected chi connectivity index (χ1v) is 7.71. The number of piperidine rings is 1. The van der Waals surface area contributed by atoms with Gasteiger partial charge in [-0.05, 0) is 43.5 Å². The van der Waals surface area contributed by atoms with Crippen molar-refractivity contribution in [1.82, 2.24) is 4.90 Å². The summed E-state index contributed by atoms with van der Waals surface area (Å²) >= 11 is 3.54. The van der Waals surface area contributed by atoms with Crippen LogP contribution in [-0.4, -0.2) is 31.1 Å². The molecule has 1 saturated heterocycles. The third kappa shape index (κ3) is 3.50. The molecule has 0 bridgehead atoms. The van der Waals surface area contributed by atoms with Crippen molar-refractivity contribution in [2.75, 3.05) is 20.2 Å². The average Bonchev–Trinajstić information content (AvgIpc) is 2.39. The monoisotopic (exact) mass is 326 g/mol. The van der Waals surface area contributed by atoms with E-state index in [1.54, 1.807) is 7.11 Å². The number of halogens is 1. The lowest BCUT2D eigenvalue weighted by Gasteiger charge is -2.39. The summed E-state index contributed by atoms with van der Waals surface area (Å²) in [6, 6.07) is 6.66. The lowest BCUT2D eigenvalue weighted by atomic mass is 9.90. The molecular formula is C15H23BrN2O. The highest BCUT2D eigenvalue weighted by atomic mass is 79.9. The molecule has 2 unspecified atom stereocenters. The molecule has 1 heterocycles. The van der Waals surface area contributed by atoms with Gasteiger partial charge in [-0.2, -0.15) is 0 Å². The van der Waals surface area contributed by atoms with Crippen molar-refractivity contribution in [2.24, 2.45) is 11.7 Å². The molecule has 19 heavy (non-hydrogen) atoms. The summed E-state index contributed by atoms with van der Waals surface area (Å²) in [4.78, 5) is 2.50. The second-order valence-corrected chi connectivity index (χ2v) is 6.26. The van der Waals surface area contributed by atoms with Crippen LogP contribution in [0.5, 0.6) is 5.75 Å². The van der Waals surface area contributed by atoms with E-state index in [0.29, 0.717) is 12.0 Å². The fourth-order valence-electron chi connectivity index (χ4n) is 3.00. The first kappa shape index (κ1) is 14.8. The molecule has 1 aromatic rings. The van der Waals surface area contributed by atoms with E-state index in [4.69, 9.17) is 10.5 Å². The Hall–Kier alpha value is -0.580. The van der Waals surface area contributed by atoms with E-state index in [0.717, 1.165) is 29.9 Å². The van der Waals surface area contributed by atoms with Crippen molar-refractivity contribution in [1.29, 1.82) is 0 Å². The SMILES string of the molecule is COc1ccc(Br)cc1CN1CCCC(C)C1CN. The summed E-state index contributed by atoms with van der Waals surface area (Å²) in [5, 5.41) is 0. The van der Waals surface area contributed by atoms with Gasteiger partial charge in [-0.15, -0.1) is 0 Å². The van der Waals surface area contributed by atoms with Gasteiger partial charge in [0.05, 0.1) is 7.11 Å². The predicted molar refractivity (Wildman–Crippen MR) is 82.3 cm³/mol. The normalized spacial score (nSPS) is 24.4. The number of nitrogens with zero attached hydrogens (tertiary/aromatic N) is 1. The second kappa shape index (κ2) is 6.73. The maximum atomic E-state index is 5.96. The molecule has 2 atom stereocenters. The molecule has 1 aliphatic rings. The zero-order valence-electron chi connectivity index (χ0n) is 11.7.